The van der Waals surface area contributed by atoms with Crippen LogP contribution in [0.15, 0.2) is 54.6 Å². The highest BCUT2D eigenvalue weighted by Crippen LogP contribution is 2.26. The zero-order valence-corrected chi connectivity index (χ0v) is 12.9. The summed E-state index contributed by atoms with van der Waals surface area (Å²) in [5, 5.41) is 0. The monoisotopic (exact) mass is 282 g/mol. The Morgan fingerprint density at radius 3 is 1.43 bits per heavy atom. The number of rotatable bonds is 6. The minimum atomic E-state index is 0.689. The van der Waals surface area contributed by atoms with E-state index >= 15 is 0 Å². The van der Waals surface area contributed by atoms with E-state index in [1.165, 1.54) is 16.7 Å². The molecule has 0 aliphatic rings. The predicted octanol–water partition coefficient (Wildman–Crippen LogP) is 4.94. The van der Waals surface area contributed by atoms with Crippen molar-refractivity contribution in [3.8, 4) is 11.5 Å². The van der Waals surface area contributed by atoms with Gasteiger partial charge in [-0.1, -0.05) is 30.3 Å². The highest BCUT2D eigenvalue weighted by molar-refractivity contribution is 5.80. The Labute approximate surface area is 127 Å². The van der Waals surface area contributed by atoms with Gasteiger partial charge in [0.1, 0.15) is 11.5 Å². The van der Waals surface area contributed by atoms with Crippen LogP contribution in [0.1, 0.15) is 31.9 Å². The van der Waals surface area contributed by atoms with Crippen LogP contribution in [0, 0.1) is 0 Å². The summed E-state index contributed by atoms with van der Waals surface area (Å²) in [5.74, 6) is 1.81. The second-order valence-electron chi connectivity index (χ2n) is 4.62. The molecular weight excluding hydrogens is 260 g/mol. The van der Waals surface area contributed by atoms with E-state index in [4.69, 9.17) is 9.47 Å². The maximum Gasteiger partial charge on any atom is 0.119 e. The molecule has 2 nitrogen and oxygen atoms in total. The predicted molar refractivity (Wildman–Crippen MR) is 88.0 cm³/mol. The van der Waals surface area contributed by atoms with E-state index in [1.807, 2.05) is 38.1 Å². The molecule has 0 unspecified atom stereocenters. The summed E-state index contributed by atoms with van der Waals surface area (Å²) in [5.41, 5.74) is 3.58. The first kappa shape index (κ1) is 15.2. The molecule has 110 valence electrons. The third kappa shape index (κ3) is 3.88. The minimum absolute atomic E-state index is 0.689. The smallest absolute Gasteiger partial charge is 0.119 e. The molecule has 0 aromatic heterocycles. The van der Waals surface area contributed by atoms with Crippen LogP contribution in [0.3, 0.4) is 0 Å². The lowest BCUT2D eigenvalue weighted by Gasteiger charge is -2.10. The summed E-state index contributed by atoms with van der Waals surface area (Å²) in [6.45, 7) is 7.42. The van der Waals surface area contributed by atoms with Crippen LogP contribution in [-0.4, -0.2) is 13.2 Å². The molecule has 0 saturated carbocycles. The van der Waals surface area contributed by atoms with Gasteiger partial charge in [0.05, 0.1) is 13.2 Å². The molecule has 0 aliphatic heterocycles. The SMILES string of the molecule is CC=C(c1ccc(OCC)cc1)c1ccc(OCC)cc1. The van der Waals surface area contributed by atoms with Crippen LogP contribution >= 0.6 is 0 Å². The molecule has 2 aromatic rings. The first-order chi connectivity index (χ1) is 10.3. The molecule has 0 saturated heterocycles. The van der Waals surface area contributed by atoms with E-state index in [2.05, 4.69) is 37.3 Å². The number of hydrogen-bond donors (Lipinski definition) is 0. The lowest BCUT2D eigenvalue weighted by molar-refractivity contribution is 0.340. The number of hydrogen-bond acceptors (Lipinski definition) is 2. The summed E-state index contributed by atoms with van der Waals surface area (Å²) in [7, 11) is 0. The first-order valence-electron chi connectivity index (χ1n) is 7.41. The molecule has 0 aliphatic carbocycles. The highest BCUT2D eigenvalue weighted by atomic mass is 16.5. The van der Waals surface area contributed by atoms with Crippen LogP contribution in [0.2, 0.25) is 0 Å². The topological polar surface area (TPSA) is 18.5 Å². The summed E-state index contributed by atoms with van der Waals surface area (Å²) in [6.07, 6.45) is 2.13. The average molecular weight is 282 g/mol. The van der Waals surface area contributed by atoms with Crippen molar-refractivity contribution in [1.29, 1.82) is 0 Å². The Hall–Kier alpha value is -2.22. The second-order valence-corrected chi connectivity index (χ2v) is 4.62. The fourth-order valence-corrected chi connectivity index (χ4v) is 2.29. The van der Waals surface area contributed by atoms with Crippen LogP contribution < -0.4 is 9.47 Å². The summed E-state index contributed by atoms with van der Waals surface area (Å²) >= 11 is 0. The van der Waals surface area contributed by atoms with Gasteiger partial charge in [-0.05, 0) is 61.7 Å². The maximum atomic E-state index is 5.49. The molecule has 0 radical (unpaired) electrons. The Morgan fingerprint density at radius 1 is 0.762 bits per heavy atom. The van der Waals surface area contributed by atoms with E-state index in [9.17, 15) is 0 Å². The molecule has 0 atom stereocenters. The molecule has 2 rings (SSSR count). The van der Waals surface area contributed by atoms with Gasteiger partial charge in [-0.3, -0.25) is 0 Å². The van der Waals surface area contributed by atoms with Gasteiger partial charge in [-0.25, -0.2) is 0 Å². The van der Waals surface area contributed by atoms with E-state index in [1.54, 1.807) is 0 Å². The zero-order chi connectivity index (χ0) is 15.1. The second kappa shape index (κ2) is 7.53. The molecule has 0 amide bonds. The van der Waals surface area contributed by atoms with Gasteiger partial charge in [-0.15, -0.1) is 0 Å². The molecule has 2 aromatic carbocycles. The lowest BCUT2D eigenvalue weighted by Crippen LogP contribution is -1.93. The molecule has 21 heavy (non-hydrogen) atoms. The average Bonchev–Trinajstić information content (AvgIpc) is 2.52. The number of allylic oxidation sites excluding steroid dienone is 1. The molecular formula is C19H22O2. The van der Waals surface area contributed by atoms with Crippen molar-refractivity contribution in [2.24, 2.45) is 0 Å². The van der Waals surface area contributed by atoms with Crippen molar-refractivity contribution < 1.29 is 9.47 Å². The summed E-state index contributed by atoms with van der Waals surface area (Å²) in [4.78, 5) is 0. The Balaban J connectivity index is 2.22. The van der Waals surface area contributed by atoms with Crippen LogP contribution in [0.5, 0.6) is 11.5 Å². The van der Waals surface area contributed by atoms with E-state index in [0.29, 0.717) is 13.2 Å². The van der Waals surface area contributed by atoms with Crippen molar-refractivity contribution in [2.75, 3.05) is 13.2 Å². The Morgan fingerprint density at radius 2 is 1.14 bits per heavy atom. The zero-order valence-electron chi connectivity index (χ0n) is 12.9. The first-order valence-corrected chi connectivity index (χ1v) is 7.41. The van der Waals surface area contributed by atoms with Gasteiger partial charge in [0, 0.05) is 0 Å². The van der Waals surface area contributed by atoms with Crippen LogP contribution in [-0.2, 0) is 0 Å². The standard InChI is InChI=1S/C19H22O2/c1-4-19(15-7-11-17(12-8-15)20-5-2)16-9-13-18(14-10-16)21-6-3/h4,7-14H,5-6H2,1-3H3. The highest BCUT2D eigenvalue weighted by Gasteiger charge is 2.05. The Bertz CT molecular complexity index is 528. The maximum absolute atomic E-state index is 5.49. The summed E-state index contributed by atoms with van der Waals surface area (Å²) < 4.78 is 11.0. The fourth-order valence-electron chi connectivity index (χ4n) is 2.29. The third-order valence-electron chi connectivity index (χ3n) is 3.24. The van der Waals surface area contributed by atoms with Gasteiger partial charge >= 0.3 is 0 Å². The van der Waals surface area contributed by atoms with Crippen molar-refractivity contribution in [3.63, 3.8) is 0 Å². The minimum Gasteiger partial charge on any atom is -0.494 e. The number of ether oxygens (including phenoxy) is 2. The molecule has 0 heterocycles. The third-order valence-corrected chi connectivity index (χ3v) is 3.24. The van der Waals surface area contributed by atoms with Crippen molar-refractivity contribution >= 4 is 5.57 Å². The van der Waals surface area contributed by atoms with Gasteiger partial charge in [0.25, 0.3) is 0 Å². The van der Waals surface area contributed by atoms with Gasteiger partial charge in [0.15, 0.2) is 0 Å². The van der Waals surface area contributed by atoms with E-state index in [-0.39, 0.29) is 0 Å². The summed E-state index contributed by atoms with van der Waals surface area (Å²) in [6, 6.07) is 16.4. The quantitative estimate of drug-likeness (QED) is 0.747. The van der Waals surface area contributed by atoms with Crippen molar-refractivity contribution in [3.05, 3.63) is 65.7 Å². The molecule has 0 N–H and O–H groups in total. The molecule has 0 spiro atoms. The number of benzene rings is 2. The van der Waals surface area contributed by atoms with Gasteiger partial charge < -0.3 is 9.47 Å². The fraction of sp³-hybridized carbons (Fsp3) is 0.263. The van der Waals surface area contributed by atoms with Crippen molar-refractivity contribution in [1.82, 2.24) is 0 Å². The molecule has 0 fully saturated rings. The largest absolute Gasteiger partial charge is 0.494 e. The van der Waals surface area contributed by atoms with Crippen LogP contribution in [0.25, 0.3) is 5.57 Å². The molecule has 0 bridgehead atoms. The van der Waals surface area contributed by atoms with Crippen LogP contribution in [0.4, 0.5) is 0 Å². The van der Waals surface area contributed by atoms with Crippen molar-refractivity contribution in [2.45, 2.75) is 20.8 Å². The van der Waals surface area contributed by atoms with Gasteiger partial charge in [-0.2, -0.15) is 0 Å². The van der Waals surface area contributed by atoms with E-state index in [0.717, 1.165) is 11.5 Å². The van der Waals surface area contributed by atoms with E-state index < -0.39 is 0 Å². The molecule has 2 heteroatoms. The van der Waals surface area contributed by atoms with Gasteiger partial charge in [0.2, 0.25) is 0 Å². The normalized spacial score (nSPS) is 10.0. The Kier molecular flexibility index (Phi) is 5.44. The lowest BCUT2D eigenvalue weighted by atomic mass is 9.97.